The van der Waals surface area contributed by atoms with Gasteiger partial charge in [-0.2, -0.15) is 5.26 Å². The van der Waals surface area contributed by atoms with Crippen molar-refractivity contribution < 1.29 is 19.4 Å². The zero-order valence-corrected chi connectivity index (χ0v) is 13.4. The number of nitrogens with zero attached hydrogens (tertiary/aromatic N) is 2. The number of amides is 1. The summed E-state index contributed by atoms with van der Waals surface area (Å²) in [6.45, 7) is 8.38. The van der Waals surface area contributed by atoms with Crippen LogP contribution < -0.4 is 5.32 Å². The molecule has 1 rings (SSSR count). The van der Waals surface area contributed by atoms with E-state index < -0.39 is 17.9 Å². The van der Waals surface area contributed by atoms with E-state index in [1.54, 1.807) is 13.8 Å². The first-order valence-corrected chi connectivity index (χ1v) is 7.29. The van der Waals surface area contributed by atoms with Gasteiger partial charge in [-0.15, -0.1) is 0 Å². The van der Waals surface area contributed by atoms with Gasteiger partial charge in [-0.3, -0.25) is 4.79 Å². The maximum Gasteiger partial charge on any atom is 0.326 e. The van der Waals surface area contributed by atoms with Crippen molar-refractivity contribution in [1.29, 1.82) is 5.26 Å². The second-order valence-electron chi connectivity index (χ2n) is 5.90. The van der Waals surface area contributed by atoms with Gasteiger partial charge < -0.3 is 20.1 Å². The van der Waals surface area contributed by atoms with Gasteiger partial charge in [0, 0.05) is 19.3 Å². The number of rotatable bonds is 5. The normalized spacial score (nSPS) is 23.8. The standard InChI is InChI=1S/C15H23N3O4/c1-9(2)13(15(20)21)17-14(19)12(5-16)8-18-6-10(3)22-11(4)7-18/h8-11,13H,6-7H2,1-4H3,(H,17,19)(H,20,21)/b12-8-. The number of carboxylic acids is 1. The van der Waals surface area contributed by atoms with E-state index in [0.717, 1.165) is 0 Å². The van der Waals surface area contributed by atoms with Gasteiger partial charge in [-0.25, -0.2) is 4.79 Å². The van der Waals surface area contributed by atoms with Gasteiger partial charge in [0.25, 0.3) is 5.91 Å². The molecule has 0 aromatic heterocycles. The second-order valence-corrected chi connectivity index (χ2v) is 5.90. The lowest BCUT2D eigenvalue weighted by atomic mass is 10.0. The third-order valence-electron chi connectivity index (χ3n) is 3.34. The van der Waals surface area contributed by atoms with Crippen molar-refractivity contribution in [3.63, 3.8) is 0 Å². The molecular formula is C15H23N3O4. The third-order valence-corrected chi connectivity index (χ3v) is 3.34. The summed E-state index contributed by atoms with van der Waals surface area (Å²) < 4.78 is 5.59. The van der Waals surface area contributed by atoms with E-state index in [9.17, 15) is 9.59 Å². The number of nitrogens with one attached hydrogen (secondary N) is 1. The van der Waals surface area contributed by atoms with Crippen LogP contribution in [0.2, 0.25) is 0 Å². The topological polar surface area (TPSA) is 103 Å². The molecule has 0 aliphatic carbocycles. The highest BCUT2D eigenvalue weighted by atomic mass is 16.5. The molecule has 3 unspecified atom stereocenters. The summed E-state index contributed by atoms with van der Waals surface area (Å²) >= 11 is 0. The summed E-state index contributed by atoms with van der Waals surface area (Å²) in [7, 11) is 0. The van der Waals surface area contributed by atoms with Crippen molar-refractivity contribution in [2.24, 2.45) is 5.92 Å². The number of ether oxygens (including phenoxy) is 1. The molecule has 1 heterocycles. The van der Waals surface area contributed by atoms with E-state index >= 15 is 0 Å². The second kappa shape index (κ2) is 7.80. The number of carboxylic acid groups (broad SMARTS) is 1. The lowest BCUT2D eigenvalue weighted by molar-refractivity contribution is -0.142. The van der Waals surface area contributed by atoms with Gasteiger partial charge in [0.2, 0.25) is 0 Å². The van der Waals surface area contributed by atoms with Crippen LogP contribution in [0, 0.1) is 17.2 Å². The number of aliphatic carboxylic acids is 1. The monoisotopic (exact) mass is 309 g/mol. The Morgan fingerprint density at radius 2 is 1.91 bits per heavy atom. The lowest BCUT2D eigenvalue weighted by Crippen LogP contribution is -2.46. The quantitative estimate of drug-likeness (QED) is 0.573. The molecule has 0 spiro atoms. The first kappa shape index (κ1) is 18.0. The fourth-order valence-corrected chi connectivity index (χ4v) is 2.38. The molecule has 0 bridgehead atoms. The fraction of sp³-hybridized carbons (Fsp3) is 0.667. The predicted molar refractivity (Wildman–Crippen MR) is 79.7 cm³/mol. The molecule has 0 radical (unpaired) electrons. The molecule has 7 nitrogen and oxygen atoms in total. The summed E-state index contributed by atoms with van der Waals surface area (Å²) in [5.41, 5.74) is -0.104. The molecule has 7 heteroatoms. The number of carbonyl (C=O) groups excluding carboxylic acids is 1. The minimum absolute atomic E-state index is 0.00503. The average Bonchev–Trinajstić information content (AvgIpc) is 2.39. The Morgan fingerprint density at radius 3 is 2.32 bits per heavy atom. The molecule has 1 fully saturated rings. The average molecular weight is 309 g/mol. The predicted octanol–water partition coefficient (Wildman–Crippen LogP) is 0.728. The summed E-state index contributed by atoms with van der Waals surface area (Å²) in [4.78, 5) is 25.1. The van der Waals surface area contributed by atoms with E-state index in [4.69, 9.17) is 15.1 Å². The highest BCUT2D eigenvalue weighted by molar-refractivity contribution is 5.99. The first-order valence-electron chi connectivity index (χ1n) is 7.29. The van der Waals surface area contributed by atoms with E-state index in [0.29, 0.717) is 13.1 Å². The van der Waals surface area contributed by atoms with E-state index in [-0.39, 0.29) is 23.7 Å². The minimum atomic E-state index is -1.12. The van der Waals surface area contributed by atoms with Crippen molar-refractivity contribution in [3.8, 4) is 6.07 Å². The summed E-state index contributed by atoms with van der Waals surface area (Å²) in [6, 6.07) is 0.814. The number of hydrogen-bond donors (Lipinski definition) is 2. The summed E-state index contributed by atoms with van der Waals surface area (Å²) in [6.07, 6.45) is 1.49. The van der Waals surface area contributed by atoms with Gasteiger partial charge in [0.15, 0.2) is 0 Å². The Hall–Kier alpha value is -2.07. The van der Waals surface area contributed by atoms with E-state index in [1.807, 2.05) is 24.8 Å². The first-order chi connectivity index (χ1) is 10.2. The maximum absolute atomic E-state index is 12.1. The van der Waals surface area contributed by atoms with Crippen LogP contribution in [0.3, 0.4) is 0 Å². The Morgan fingerprint density at radius 1 is 1.36 bits per heavy atom. The van der Waals surface area contributed by atoms with Crippen LogP contribution in [0.1, 0.15) is 27.7 Å². The number of hydrogen-bond acceptors (Lipinski definition) is 5. The zero-order valence-electron chi connectivity index (χ0n) is 13.4. The number of carbonyl (C=O) groups is 2. The Balaban J connectivity index is 2.82. The Labute approximate surface area is 130 Å². The van der Waals surface area contributed by atoms with Crippen molar-refractivity contribution in [1.82, 2.24) is 10.2 Å². The van der Waals surface area contributed by atoms with E-state index in [1.165, 1.54) is 6.20 Å². The highest BCUT2D eigenvalue weighted by Gasteiger charge is 2.26. The van der Waals surface area contributed by atoms with Gasteiger partial charge >= 0.3 is 5.97 Å². The Bertz CT molecular complexity index is 486. The summed E-state index contributed by atoms with van der Waals surface area (Å²) in [5.74, 6) is -2.06. The smallest absolute Gasteiger partial charge is 0.326 e. The molecule has 122 valence electrons. The zero-order chi connectivity index (χ0) is 16.9. The lowest BCUT2D eigenvalue weighted by Gasteiger charge is -2.34. The number of nitriles is 1. The van der Waals surface area contributed by atoms with E-state index in [2.05, 4.69) is 5.32 Å². The highest BCUT2D eigenvalue weighted by Crippen LogP contribution is 2.12. The third kappa shape index (κ3) is 5.04. The van der Waals surface area contributed by atoms with Crippen molar-refractivity contribution in [2.45, 2.75) is 45.9 Å². The van der Waals surface area contributed by atoms with Gasteiger partial charge in [0.05, 0.1) is 12.2 Å². The molecule has 22 heavy (non-hydrogen) atoms. The molecule has 1 saturated heterocycles. The van der Waals surface area contributed by atoms with Crippen LogP contribution in [-0.2, 0) is 14.3 Å². The Kier molecular flexibility index (Phi) is 6.38. The van der Waals surface area contributed by atoms with Crippen LogP contribution in [0.4, 0.5) is 0 Å². The van der Waals surface area contributed by atoms with Crippen LogP contribution in [0.5, 0.6) is 0 Å². The summed E-state index contributed by atoms with van der Waals surface area (Å²) in [5, 5.41) is 20.7. The van der Waals surface area contributed by atoms with Crippen LogP contribution in [-0.4, -0.2) is 53.2 Å². The minimum Gasteiger partial charge on any atom is -0.480 e. The van der Waals surface area contributed by atoms with Crippen molar-refractivity contribution in [2.75, 3.05) is 13.1 Å². The van der Waals surface area contributed by atoms with Crippen LogP contribution in [0.25, 0.3) is 0 Å². The maximum atomic E-state index is 12.1. The van der Waals surface area contributed by atoms with Gasteiger partial charge in [-0.05, 0) is 19.8 Å². The molecular weight excluding hydrogens is 286 g/mol. The molecule has 3 atom stereocenters. The molecule has 1 aliphatic rings. The van der Waals surface area contributed by atoms with Crippen LogP contribution in [0.15, 0.2) is 11.8 Å². The molecule has 1 aliphatic heterocycles. The van der Waals surface area contributed by atoms with Crippen LogP contribution >= 0.6 is 0 Å². The van der Waals surface area contributed by atoms with Gasteiger partial charge in [0.1, 0.15) is 17.7 Å². The molecule has 0 aromatic carbocycles. The largest absolute Gasteiger partial charge is 0.480 e. The number of morpholine rings is 1. The molecule has 2 N–H and O–H groups in total. The fourth-order valence-electron chi connectivity index (χ4n) is 2.38. The van der Waals surface area contributed by atoms with Crippen molar-refractivity contribution >= 4 is 11.9 Å². The molecule has 0 saturated carbocycles. The van der Waals surface area contributed by atoms with Crippen molar-refractivity contribution in [3.05, 3.63) is 11.8 Å². The molecule has 0 aromatic rings. The molecule has 1 amide bonds. The van der Waals surface area contributed by atoms with Gasteiger partial charge in [-0.1, -0.05) is 13.8 Å². The SMILES string of the molecule is CC1CN(/C=C(/C#N)C(=O)NC(C(=O)O)C(C)C)CC(C)O1.